The second kappa shape index (κ2) is 5.31. The summed E-state index contributed by atoms with van der Waals surface area (Å²) in [4.78, 5) is 0. The van der Waals surface area contributed by atoms with Gasteiger partial charge < -0.3 is 4.74 Å². The molecule has 0 atom stereocenters. The topological polar surface area (TPSA) is 83.8 Å². The minimum Gasteiger partial charge on any atom is -0.483 e. The van der Waals surface area contributed by atoms with Crippen LogP contribution < -0.4 is 4.74 Å². The molecule has 1 aliphatic rings. The largest absolute Gasteiger partial charge is 0.483 e. The van der Waals surface area contributed by atoms with Gasteiger partial charge in [-0.3, -0.25) is 9.11 Å². The molecule has 0 radical (unpaired) electrons. The molecule has 1 aromatic carbocycles. The minimum atomic E-state index is -4.67. The molecule has 0 aliphatic heterocycles. The Morgan fingerprint density at radius 1 is 1.24 bits per heavy atom. The summed E-state index contributed by atoms with van der Waals surface area (Å²) in [6.45, 7) is 3.77. The van der Waals surface area contributed by atoms with Crippen molar-refractivity contribution in [3.05, 3.63) is 43.0 Å². The fourth-order valence-electron chi connectivity index (χ4n) is 1.19. The van der Waals surface area contributed by atoms with Crippen LogP contribution in [0.25, 0.3) is 0 Å². The molecular formula is C11H14O5S. The summed E-state index contributed by atoms with van der Waals surface area (Å²) in [7, 11) is -4.67. The van der Waals surface area contributed by atoms with E-state index in [2.05, 4.69) is 6.58 Å². The lowest BCUT2D eigenvalue weighted by Crippen LogP contribution is -2.13. The molecule has 2 rings (SSSR count). The van der Waals surface area contributed by atoms with E-state index in [4.69, 9.17) is 22.3 Å². The third kappa shape index (κ3) is 6.06. The molecule has 0 spiro atoms. The highest BCUT2D eigenvalue weighted by Gasteiger charge is 2.42. The van der Waals surface area contributed by atoms with Gasteiger partial charge in [-0.15, -0.1) is 0 Å². The van der Waals surface area contributed by atoms with Crippen molar-refractivity contribution in [1.82, 2.24) is 0 Å². The second-order valence-corrected chi connectivity index (χ2v) is 4.53. The van der Waals surface area contributed by atoms with Gasteiger partial charge in [0, 0.05) is 0 Å². The van der Waals surface area contributed by atoms with Crippen molar-refractivity contribution in [3.63, 3.8) is 0 Å². The van der Waals surface area contributed by atoms with Gasteiger partial charge in [-0.25, -0.2) is 0 Å². The van der Waals surface area contributed by atoms with Crippen molar-refractivity contribution < 1.29 is 22.3 Å². The van der Waals surface area contributed by atoms with Gasteiger partial charge in [0.25, 0.3) is 0 Å². The Morgan fingerprint density at radius 3 is 2.06 bits per heavy atom. The number of benzene rings is 1. The third-order valence-corrected chi connectivity index (χ3v) is 2.18. The molecule has 1 aromatic rings. The zero-order chi connectivity index (χ0) is 12.9. The molecule has 1 saturated carbocycles. The zero-order valence-corrected chi connectivity index (χ0v) is 9.93. The first-order valence-electron chi connectivity index (χ1n) is 4.92. The summed E-state index contributed by atoms with van der Waals surface area (Å²) in [6.07, 6.45) is 4.11. The number of para-hydroxylation sites is 1. The number of hydrogen-bond donors (Lipinski definition) is 2. The van der Waals surface area contributed by atoms with Crippen molar-refractivity contribution in [3.8, 4) is 5.75 Å². The Labute approximate surface area is 100 Å². The van der Waals surface area contributed by atoms with Crippen LogP contribution >= 0.6 is 0 Å². The summed E-state index contributed by atoms with van der Waals surface area (Å²) in [6, 6.07) is 9.90. The third-order valence-electron chi connectivity index (χ3n) is 2.18. The Morgan fingerprint density at radius 2 is 1.71 bits per heavy atom. The maximum atomic E-state index is 8.74. The molecule has 17 heavy (non-hydrogen) atoms. The minimum absolute atomic E-state index is 0.0403. The molecule has 0 saturated heterocycles. The summed E-state index contributed by atoms with van der Waals surface area (Å²) in [5.41, 5.74) is -0.0403. The average molecular weight is 258 g/mol. The SMILES string of the molecule is C=CC1(Oc2ccccc2)CC1.O=S(=O)(O)O. The zero-order valence-electron chi connectivity index (χ0n) is 9.11. The van der Waals surface area contributed by atoms with Gasteiger partial charge in [-0.2, -0.15) is 8.42 Å². The summed E-state index contributed by atoms with van der Waals surface area (Å²) in [5.74, 6) is 0.940. The fourth-order valence-corrected chi connectivity index (χ4v) is 1.19. The quantitative estimate of drug-likeness (QED) is 0.641. The Kier molecular flexibility index (Phi) is 4.28. The van der Waals surface area contributed by atoms with Gasteiger partial charge in [-0.1, -0.05) is 24.8 Å². The maximum absolute atomic E-state index is 8.74. The molecule has 2 N–H and O–H groups in total. The molecule has 0 heterocycles. The predicted molar refractivity (Wildman–Crippen MR) is 63.4 cm³/mol. The van der Waals surface area contributed by atoms with E-state index in [1.807, 2.05) is 36.4 Å². The van der Waals surface area contributed by atoms with Crippen LogP contribution in [0.2, 0.25) is 0 Å². The smallest absolute Gasteiger partial charge is 0.394 e. The van der Waals surface area contributed by atoms with Crippen LogP contribution in [0.15, 0.2) is 43.0 Å². The van der Waals surface area contributed by atoms with Crippen molar-refractivity contribution in [2.45, 2.75) is 18.4 Å². The lowest BCUT2D eigenvalue weighted by molar-refractivity contribution is 0.230. The van der Waals surface area contributed by atoms with Crippen molar-refractivity contribution in [2.24, 2.45) is 0 Å². The standard InChI is InChI=1S/C11H12O.H2O4S/c1-2-11(8-9-11)12-10-6-4-3-5-7-10;1-5(2,3)4/h2-7H,1,8-9H2;(H2,1,2,3,4). The van der Waals surface area contributed by atoms with E-state index in [-0.39, 0.29) is 5.60 Å². The van der Waals surface area contributed by atoms with Crippen LogP contribution in [-0.4, -0.2) is 23.1 Å². The molecule has 0 unspecified atom stereocenters. The first-order chi connectivity index (χ1) is 7.85. The molecule has 0 amide bonds. The molecule has 0 aromatic heterocycles. The van der Waals surface area contributed by atoms with Crippen molar-refractivity contribution in [1.29, 1.82) is 0 Å². The summed E-state index contributed by atoms with van der Waals surface area (Å²) in [5, 5.41) is 0. The van der Waals surface area contributed by atoms with Gasteiger partial charge >= 0.3 is 10.4 Å². The van der Waals surface area contributed by atoms with E-state index in [1.165, 1.54) is 0 Å². The summed E-state index contributed by atoms with van der Waals surface area (Å²) >= 11 is 0. The van der Waals surface area contributed by atoms with Crippen LogP contribution in [0.1, 0.15) is 12.8 Å². The summed E-state index contributed by atoms with van der Waals surface area (Å²) < 4.78 is 37.3. The lowest BCUT2D eigenvalue weighted by atomic mass is 10.3. The molecule has 0 bridgehead atoms. The highest BCUT2D eigenvalue weighted by atomic mass is 32.3. The van der Waals surface area contributed by atoms with Crippen molar-refractivity contribution in [2.75, 3.05) is 0 Å². The van der Waals surface area contributed by atoms with E-state index in [0.717, 1.165) is 18.6 Å². The monoisotopic (exact) mass is 258 g/mol. The lowest BCUT2D eigenvalue weighted by Gasteiger charge is -2.12. The highest BCUT2D eigenvalue weighted by molar-refractivity contribution is 7.79. The van der Waals surface area contributed by atoms with Crippen LogP contribution in [0, 0.1) is 0 Å². The van der Waals surface area contributed by atoms with Gasteiger partial charge in [-0.05, 0) is 31.1 Å². The van der Waals surface area contributed by atoms with E-state index < -0.39 is 10.4 Å². The fraction of sp³-hybridized carbons (Fsp3) is 0.273. The molecule has 1 fully saturated rings. The average Bonchev–Trinajstić information content (AvgIpc) is 2.98. The highest BCUT2D eigenvalue weighted by Crippen LogP contribution is 2.40. The first kappa shape index (κ1) is 13.7. The Hall–Kier alpha value is -1.37. The van der Waals surface area contributed by atoms with Gasteiger partial charge in [0.2, 0.25) is 0 Å². The number of hydrogen-bond acceptors (Lipinski definition) is 3. The van der Waals surface area contributed by atoms with Crippen LogP contribution in [0.5, 0.6) is 5.75 Å². The van der Waals surface area contributed by atoms with E-state index in [1.54, 1.807) is 0 Å². The van der Waals surface area contributed by atoms with Crippen LogP contribution in [0.3, 0.4) is 0 Å². The molecule has 94 valence electrons. The van der Waals surface area contributed by atoms with Gasteiger partial charge in [0.15, 0.2) is 0 Å². The van der Waals surface area contributed by atoms with E-state index in [0.29, 0.717) is 0 Å². The number of rotatable bonds is 3. The van der Waals surface area contributed by atoms with Gasteiger partial charge in [0.1, 0.15) is 11.4 Å². The Balaban J connectivity index is 0.000000249. The van der Waals surface area contributed by atoms with Crippen LogP contribution in [0.4, 0.5) is 0 Å². The normalized spacial score (nSPS) is 16.4. The number of ether oxygens (including phenoxy) is 1. The molecule has 6 heteroatoms. The molecule has 5 nitrogen and oxygen atoms in total. The van der Waals surface area contributed by atoms with E-state index in [9.17, 15) is 0 Å². The van der Waals surface area contributed by atoms with Crippen molar-refractivity contribution >= 4 is 10.4 Å². The first-order valence-corrected chi connectivity index (χ1v) is 6.32. The predicted octanol–water partition coefficient (Wildman–Crippen LogP) is 2.13. The van der Waals surface area contributed by atoms with Gasteiger partial charge in [0.05, 0.1) is 0 Å². The molecular weight excluding hydrogens is 244 g/mol. The Bertz CT molecular complexity index is 454. The van der Waals surface area contributed by atoms with Crippen LogP contribution in [-0.2, 0) is 10.4 Å². The van der Waals surface area contributed by atoms with E-state index >= 15 is 0 Å². The molecule has 1 aliphatic carbocycles. The maximum Gasteiger partial charge on any atom is 0.394 e. The second-order valence-electron chi connectivity index (χ2n) is 3.63.